The molecule has 2 heterocycles. The minimum Gasteiger partial charge on any atom is -0.325 e. The molecule has 1 aromatic carbocycles. The van der Waals surface area contributed by atoms with Crippen molar-refractivity contribution in [2.45, 2.75) is 24.3 Å². The van der Waals surface area contributed by atoms with Crippen molar-refractivity contribution < 1.29 is 9.59 Å². The molecular weight excluding hydrogens is 386 g/mol. The van der Waals surface area contributed by atoms with Crippen molar-refractivity contribution in [3.63, 3.8) is 0 Å². The first kappa shape index (κ1) is 19.1. The van der Waals surface area contributed by atoms with Crippen LogP contribution in [0.5, 0.6) is 0 Å². The van der Waals surface area contributed by atoms with Crippen LogP contribution in [0.1, 0.15) is 18.6 Å². The summed E-state index contributed by atoms with van der Waals surface area (Å²) in [6.45, 7) is 3.13. The molecule has 0 aliphatic carbocycles. The molecule has 2 aromatic heterocycles. The molecule has 1 amide bonds. The van der Waals surface area contributed by atoms with Crippen LogP contribution in [0.2, 0.25) is 5.02 Å². The number of benzene rings is 1. The third kappa shape index (κ3) is 4.53. The number of amides is 1. The Labute approximate surface area is 165 Å². The molecule has 3 rings (SSSR count). The van der Waals surface area contributed by atoms with Crippen molar-refractivity contribution in [2.24, 2.45) is 0 Å². The zero-order valence-electron chi connectivity index (χ0n) is 14.6. The lowest BCUT2D eigenvalue weighted by molar-refractivity contribution is -0.115. The molecule has 1 N–H and O–H groups in total. The van der Waals surface area contributed by atoms with E-state index < -0.39 is 5.25 Å². The summed E-state index contributed by atoms with van der Waals surface area (Å²) < 4.78 is 1.33. The topological polar surface area (TPSA) is 89.8 Å². The normalized spacial score (nSPS) is 11.8. The number of anilines is 1. The highest BCUT2D eigenvalue weighted by Gasteiger charge is 2.23. The van der Waals surface area contributed by atoms with Gasteiger partial charge in [0.15, 0.2) is 11.0 Å². The van der Waals surface area contributed by atoms with E-state index in [1.165, 1.54) is 17.7 Å². The fourth-order valence-corrected chi connectivity index (χ4v) is 3.35. The van der Waals surface area contributed by atoms with Crippen molar-refractivity contribution in [1.82, 2.24) is 19.7 Å². The molecular formula is C18H16ClN5O2S. The van der Waals surface area contributed by atoms with Crippen LogP contribution in [0.3, 0.4) is 0 Å². The first-order chi connectivity index (χ1) is 13.0. The number of carbonyl (C=O) groups is 2. The summed E-state index contributed by atoms with van der Waals surface area (Å²) in [5, 5.41) is 11.2. The first-order valence-corrected chi connectivity index (χ1v) is 9.32. The van der Waals surface area contributed by atoms with Gasteiger partial charge in [-0.05, 0) is 31.2 Å². The molecule has 0 saturated heterocycles. The Morgan fingerprint density at radius 3 is 2.59 bits per heavy atom. The van der Waals surface area contributed by atoms with Crippen molar-refractivity contribution in [3.8, 4) is 11.5 Å². The maximum Gasteiger partial charge on any atom is 0.237 e. The Bertz CT molecular complexity index is 977. The van der Waals surface area contributed by atoms with E-state index in [2.05, 4.69) is 20.5 Å². The van der Waals surface area contributed by atoms with Crippen molar-refractivity contribution in [1.29, 1.82) is 0 Å². The predicted octanol–water partition coefficient (Wildman–Crippen LogP) is 3.77. The Hall–Kier alpha value is -2.71. The minimum atomic E-state index is -0.493. The van der Waals surface area contributed by atoms with Crippen molar-refractivity contribution >= 4 is 40.9 Å². The van der Waals surface area contributed by atoms with Crippen LogP contribution >= 0.6 is 23.4 Å². The van der Waals surface area contributed by atoms with Gasteiger partial charge >= 0.3 is 0 Å². The van der Waals surface area contributed by atoms with E-state index in [9.17, 15) is 9.59 Å². The van der Waals surface area contributed by atoms with Crippen LogP contribution in [0.4, 0.5) is 5.69 Å². The van der Waals surface area contributed by atoms with Crippen molar-refractivity contribution in [2.75, 3.05) is 5.32 Å². The number of thioether (sulfide) groups is 1. The van der Waals surface area contributed by atoms with Gasteiger partial charge in [-0.2, -0.15) is 0 Å². The van der Waals surface area contributed by atoms with Gasteiger partial charge < -0.3 is 5.32 Å². The fourth-order valence-electron chi connectivity index (χ4n) is 2.30. The zero-order valence-corrected chi connectivity index (χ0v) is 16.2. The van der Waals surface area contributed by atoms with Gasteiger partial charge in [-0.15, -0.1) is 10.2 Å². The van der Waals surface area contributed by atoms with E-state index in [1.807, 2.05) is 18.2 Å². The third-order valence-corrected chi connectivity index (χ3v) is 4.87. The molecule has 0 saturated carbocycles. The van der Waals surface area contributed by atoms with Crippen LogP contribution in [0.25, 0.3) is 11.5 Å². The van der Waals surface area contributed by atoms with E-state index in [4.69, 9.17) is 11.6 Å². The molecule has 0 bridgehead atoms. The second-order valence-corrected chi connectivity index (χ2v) is 7.38. The van der Waals surface area contributed by atoms with Gasteiger partial charge in [0.1, 0.15) is 5.69 Å². The molecule has 0 fully saturated rings. The first-order valence-electron chi connectivity index (χ1n) is 8.06. The second kappa shape index (κ2) is 8.32. The lowest BCUT2D eigenvalue weighted by Gasteiger charge is -2.12. The maximum absolute atomic E-state index is 12.4. The molecule has 9 heteroatoms. The highest BCUT2D eigenvalue weighted by atomic mass is 35.5. The highest BCUT2D eigenvalue weighted by molar-refractivity contribution is 8.00. The van der Waals surface area contributed by atoms with Gasteiger partial charge in [-0.25, -0.2) is 4.57 Å². The molecule has 3 aromatic rings. The summed E-state index contributed by atoms with van der Waals surface area (Å²) in [7, 11) is 0. The smallest absolute Gasteiger partial charge is 0.237 e. The summed E-state index contributed by atoms with van der Waals surface area (Å²) in [6.07, 6.45) is 1.53. The van der Waals surface area contributed by atoms with Crippen LogP contribution in [-0.4, -0.2) is 36.8 Å². The molecule has 0 aliphatic rings. The quantitative estimate of drug-likeness (QED) is 0.654. The third-order valence-electron chi connectivity index (χ3n) is 3.59. The molecule has 1 unspecified atom stereocenters. The number of nitrogens with zero attached hydrogens (tertiary/aromatic N) is 4. The van der Waals surface area contributed by atoms with Crippen LogP contribution in [0, 0.1) is 0 Å². The summed E-state index contributed by atoms with van der Waals surface area (Å²) in [5.74, 6) is -0.204. The van der Waals surface area contributed by atoms with E-state index in [-0.39, 0.29) is 17.6 Å². The average molecular weight is 402 g/mol. The van der Waals surface area contributed by atoms with E-state index in [0.717, 1.165) is 11.8 Å². The van der Waals surface area contributed by atoms with Gasteiger partial charge in [-0.1, -0.05) is 41.6 Å². The number of carbonyl (C=O) groups excluding carboxylic acids is 2. The molecule has 138 valence electrons. The van der Waals surface area contributed by atoms with Gasteiger partial charge in [-0.3, -0.25) is 14.6 Å². The lowest BCUT2D eigenvalue weighted by Crippen LogP contribution is -2.23. The number of para-hydroxylation sites is 1. The van der Waals surface area contributed by atoms with E-state index in [1.54, 1.807) is 31.2 Å². The number of halogens is 1. The molecule has 7 nitrogen and oxygen atoms in total. The molecule has 1 atom stereocenters. The number of rotatable bonds is 5. The number of pyridine rings is 1. The average Bonchev–Trinajstić information content (AvgIpc) is 3.06. The molecule has 0 radical (unpaired) electrons. The van der Waals surface area contributed by atoms with Gasteiger partial charge in [0.2, 0.25) is 11.8 Å². The number of nitrogens with one attached hydrogen (secondary N) is 1. The van der Waals surface area contributed by atoms with Gasteiger partial charge in [0.05, 0.1) is 5.25 Å². The van der Waals surface area contributed by atoms with Crippen LogP contribution < -0.4 is 5.32 Å². The van der Waals surface area contributed by atoms with Gasteiger partial charge in [0, 0.05) is 23.8 Å². The molecule has 0 aliphatic heterocycles. The van der Waals surface area contributed by atoms with Crippen LogP contribution in [0.15, 0.2) is 53.8 Å². The number of aromatic nitrogens is 4. The largest absolute Gasteiger partial charge is 0.325 e. The SMILES string of the molecule is CC(=O)n1c(SC(C)C(=O)Nc2ccccc2)nnc1-c1cc(Cl)ccn1. The Kier molecular flexibility index (Phi) is 5.88. The summed E-state index contributed by atoms with van der Waals surface area (Å²) in [4.78, 5) is 28.8. The minimum absolute atomic E-state index is 0.202. The maximum atomic E-state index is 12.4. The Morgan fingerprint density at radius 1 is 1.19 bits per heavy atom. The Morgan fingerprint density at radius 2 is 1.93 bits per heavy atom. The molecule has 0 spiro atoms. The standard InChI is InChI=1S/C18H16ClN5O2S/c1-11(17(26)21-14-6-4-3-5-7-14)27-18-23-22-16(24(18)12(2)25)15-10-13(19)8-9-20-15/h3-11H,1-2H3,(H,21,26). The van der Waals surface area contributed by atoms with E-state index in [0.29, 0.717) is 21.6 Å². The highest BCUT2D eigenvalue weighted by Crippen LogP contribution is 2.27. The molecule has 27 heavy (non-hydrogen) atoms. The van der Waals surface area contributed by atoms with E-state index >= 15 is 0 Å². The summed E-state index contributed by atoms with van der Waals surface area (Å²) in [5.41, 5.74) is 1.13. The fraction of sp³-hybridized carbons (Fsp3) is 0.167. The number of hydrogen-bond donors (Lipinski definition) is 1. The lowest BCUT2D eigenvalue weighted by atomic mass is 10.3. The second-order valence-electron chi connectivity index (χ2n) is 5.64. The van der Waals surface area contributed by atoms with Crippen LogP contribution in [-0.2, 0) is 4.79 Å². The summed E-state index contributed by atoms with van der Waals surface area (Å²) >= 11 is 7.14. The van der Waals surface area contributed by atoms with Gasteiger partial charge in [0.25, 0.3) is 0 Å². The predicted molar refractivity (Wildman–Crippen MR) is 105 cm³/mol. The summed E-state index contributed by atoms with van der Waals surface area (Å²) in [6, 6.07) is 12.4. The monoisotopic (exact) mass is 401 g/mol. The Balaban J connectivity index is 1.82. The zero-order chi connectivity index (χ0) is 19.4. The van der Waals surface area contributed by atoms with Crippen molar-refractivity contribution in [3.05, 3.63) is 53.7 Å². The number of hydrogen-bond acceptors (Lipinski definition) is 6.